The molecule has 2 aromatic carbocycles. The Labute approximate surface area is 220 Å². The van der Waals surface area contributed by atoms with Crippen LogP contribution in [0.2, 0.25) is 0 Å². The third-order valence-electron chi connectivity index (χ3n) is 8.02. The van der Waals surface area contributed by atoms with E-state index in [4.69, 9.17) is 0 Å². The second-order valence-corrected chi connectivity index (χ2v) is 10.9. The van der Waals surface area contributed by atoms with Gasteiger partial charge in [-0.1, -0.05) is 81.8 Å². The van der Waals surface area contributed by atoms with Gasteiger partial charge in [0.2, 0.25) is 11.8 Å². The van der Waals surface area contributed by atoms with Crippen molar-refractivity contribution in [2.45, 2.75) is 76.8 Å². The van der Waals surface area contributed by atoms with Crippen LogP contribution in [0.5, 0.6) is 0 Å². The first-order valence-electron chi connectivity index (χ1n) is 13.6. The number of rotatable bonds is 9. The Hall–Kier alpha value is -2.74. The molecule has 2 fully saturated rings. The number of carbonyl (C=O) groups excluding carboxylic acids is 2. The van der Waals surface area contributed by atoms with E-state index in [9.17, 15) is 19.8 Å². The van der Waals surface area contributed by atoms with Crippen molar-refractivity contribution in [3.8, 4) is 0 Å². The summed E-state index contributed by atoms with van der Waals surface area (Å²) in [6.45, 7) is 8.49. The molecule has 0 bridgehead atoms. The second-order valence-electron chi connectivity index (χ2n) is 10.9. The molecule has 2 saturated heterocycles. The Balaban J connectivity index is 1.42. The van der Waals surface area contributed by atoms with Crippen molar-refractivity contribution in [3.63, 3.8) is 0 Å². The zero-order valence-electron chi connectivity index (χ0n) is 22.3. The number of hydrogen-bond donors (Lipinski definition) is 3. The van der Waals surface area contributed by atoms with Crippen LogP contribution in [0.25, 0.3) is 0 Å². The maximum Gasteiger partial charge on any atom is 0.248 e. The fraction of sp³-hybridized carbons (Fsp3) is 0.533. The molecule has 1 unspecified atom stereocenters. The number of nitrogens with one attached hydrogen (secondary N) is 1. The highest BCUT2D eigenvalue weighted by Crippen LogP contribution is 2.35. The number of aliphatic hydroxyl groups excluding tert-OH is 2. The van der Waals surface area contributed by atoms with Gasteiger partial charge in [0.1, 0.15) is 17.7 Å². The van der Waals surface area contributed by atoms with Gasteiger partial charge in [-0.15, -0.1) is 0 Å². The van der Waals surface area contributed by atoms with E-state index in [-0.39, 0.29) is 17.7 Å². The molecule has 2 amide bonds. The fourth-order valence-electron chi connectivity index (χ4n) is 5.56. The van der Waals surface area contributed by atoms with Crippen molar-refractivity contribution in [2.75, 3.05) is 19.6 Å². The largest absolute Gasteiger partial charge is 0.390 e. The summed E-state index contributed by atoms with van der Waals surface area (Å²) >= 11 is 0. The number of likely N-dealkylation sites (tertiary alicyclic amines) is 1. The number of aliphatic hydroxyl groups is 2. The van der Waals surface area contributed by atoms with Gasteiger partial charge in [-0.2, -0.15) is 0 Å². The third-order valence-corrected chi connectivity index (χ3v) is 8.02. The van der Waals surface area contributed by atoms with Crippen LogP contribution in [-0.4, -0.2) is 69.1 Å². The summed E-state index contributed by atoms with van der Waals surface area (Å²) in [4.78, 5) is 31.0. The van der Waals surface area contributed by atoms with Gasteiger partial charge in [-0.25, -0.2) is 0 Å². The highest BCUT2D eigenvalue weighted by Gasteiger charge is 2.54. The summed E-state index contributed by atoms with van der Waals surface area (Å²) in [5, 5.41) is 24.2. The SMILES string of the molecule is CCCCN1C(=O)[C@@H]([C@H](O)C(C)C)NC(=O)C12CCN(Cc1ccc(C(O)c3ccccc3)cc1)CC2. The molecule has 0 aromatic heterocycles. The van der Waals surface area contributed by atoms with E-state index in [1.807, 2.05) is 68.4 Å². The molecule has 2 heterocycles. The van der Waals surface area contributed by atoms with E-state index in [1.165, 1.54) is 0 Å². The first-order chi connectivity index (χ1) is 17.8. The fourth-order valence-corrected chi connectivity index (χ4v) is 5.56. The number of piperidine rings is 1. The number of unbranched alkanes of at least 4 members (excludes halogenated alkanes) is 1. The number of benzene rings is 2. The summed E-state index contributed by atoms with van der Waals surface area (Å²) < 4.78 is 0. The average Bonchev–Trinajstić information content (AvgIpc) is 2.92. The van der Waals surface area contributed by atoms with E-state index in [0.717, 1.165) is 36.1 Å². The maximum atomic E-state index is 13.5. The highest BCUT2D eigenvalue weighted by molar-refractivity contribution is 6.00. The zero-order valence-corrected chi connectivity index (χ0v) is 22.3. The van der Waals surface area contributed by atoms with Crippen LogP contribution in [0.4, 0.5) is 0 Å². The van der Waals surface area contributed by atoms with Crippen LogP contribution < -0.4 is 5.32 Å². The van der Waals surface area contributed by atoms with Crippen LogP contribution in [0, 0.1) is 5.92 Å². The Morgan fingerprint density at radius 1 is 0.973 bits per heavy atom. The van der Waals surface area contributed by atoms with Crippen molar-refractivity contribution in [1.82, 2.24) is 15.1 Å². The standard InChI is InChI=1S/C30H41N3O4/c1-4-5-17-33-28(36)25(26(34)21(2)3)31-29(37)30(33)15-18-32(19-16-30)20-22-11-13-24(14-12-22)27(35)23-9-7-6-8-10-23/h6-14,21,25-27,34-35H,4-5,15-20H2,1-3H3,(H,31,37)/t25-,26-,27?/m1/s1. The topological polar surface area (TPSA) is 93.1 Å². The van der Waals surface area contributed by atoms with E-state index in [0.29, 0.717) is 32.5 Å². The molecule has 2 aliphatic heterocycles. The molecule has 200 valence electrons. The van der Waals surface area contributed by atoms with Crippen LogP contribution in [0.1, 0.15) is 69.2 Å². The second kappa shape index (κ2) is 11.8. The highest BCUT2D eigenvalue weighted by atomic mass is 16.3. The minimum atomic E-state index is -0.901. The molecule has 3 atom stereocenters. The average molecular weight is 508 g/mol. The number of piperazine rings is 1. The van der Waals surface area contributed by atoms with Crippen molar-refractivity contribution < 1.29 is 19.8 Å². The normalized spacial score (nSPS) is 21.8. The van der Waals surface area contributed by atoms with E-state index in [1.54, 1.807) is 4.90 Å². The molecule has 7 nitrogen and oxygen atoms in total. The molecule has 3 N–H and O–H groups in total. The van der Waals surface area contributed by atoms with Crippen molar-refractivity contribution >= 4 is 11.8 Å². The monoisotopic (exact) mass is 507 g/mol. The Bertz CT molecular complexity index is 1050. The molecule has 1 spiro atoms. The molecule has 7 heteroatoms. The smallest absolute Gasteiger partial charge is 0.248 e. The van der Waals surface area contributed by atoms with Crippen LogP contribution in [0.15, 0.2) is 54.6 Å². The van der Waals surface area contributed by atoms with Crippen LogP contribution in [0.3, 0.4) is 0 Å². The third kappa shape index (κ3) is 5.74. The summed E-state index contributed by atoms with van der Waals surface area (Å²) in [6, 6.07) is 16.8. The molecule has 37 heavy (non-hydrogen) atoms. The van der Waals surface area contributed by atoms with Crippen LogP contribution in [-0.2, 0) is 16.1 Å². The van der Waals surface area contributed by atoms with Gasteiger partial charge in [0.05, 0.1) is 6.10 Å². The molecular formula is C30H41N3O4. The van der Waals surface area contributed by atoms with E-state index >= 15 is 0 Å². The predicted molar refractivity (Wildman–Crippen MR) is 144 cm³/mol. The Kier molecular flexibility index (Phi) is 8.67. The quantitative estimate of drug-likeness (QED) is 0.485. The van der Waals surface area contributed by atoms with E-state index < -0.39 is 23.8 Å². The first-order valence-corrected chi connectivity index (χ1v) is 13.6. The molecular weight excluding hydrogens is 466 g/mol. The Morgan fingerprint density at radius 3 is 2.19 bits per heavy atom. The number of nitrogens with zero attached hydrogens (tertiary/aromatic N) is 2. The zero-order chi connectivity index (χ0) is 26.6. The number of amides is 2. The van der Waals surface area contributed by atoms with Crippen LogP contribution >= 0.6 is 0 Å². The van der Waals surface area contributed by atoms with Gasteiger partial charge in [-0.3, -0.25) is 14.5 Å². The Morgan fingerprint density at radius 2 is 1.59 bits per heavy atom. The van der Waals surface area contributed by atoms with Crippen molar-refractivity contribution in [1.29, 1.82) is 0 Å². The van der Waals surface area contributed by atoms with Crippen molar-refractivity contribution in [2.24, 2.45) is 5.92 Å². The minimum Gasteiger partial charge on any atom is -0.390 e. The summed E-state index contributed by atoms with van der Waals surface area (Å²) in [5.74, 6) is -0.416. The van der Waals surface area contributed by atoms with Gasteiger partial charge in [-0.05, 0) is 41.9 Å². The van der Waals surface area contributed by atoms with Gasteiger partial charge in [0, 0.05) is 26.2 Å². The molecule has 4 rings (SSSR count). The van der Waals surface area contributed by atoms with Crippen molar-refractivity contribution in [3.05, 3.63) is 71.3 Å². The lowest BCUT2D eigenvalue weighted by Crippen LogP contribution is -2.74. The van der Waals surface area contributed by atoms with Gasteiger partial charge >= 0.3 is 0 Å². The molecule has 0 aliphatic carbocycles. The minimum absolute atomic E-state index is 0.127. The molecule has 2 aromatic rings. The van der Waals surface area contributed by atoms with Gasteiger partial charge in [0.15, 0.2) is 0 Å². The molecule has 2 aliphatic rings. The van der Waals surface area contributed by atoms with Gasteiger partial charge < -0.3 is 20.4 Å². The number of carbonyl (C=O) groups is 2. The lowest BCUT2D eigenvalue weighted by atomic mass is 9.80. The summed E-state index contributed by atoms with van der Waals surface area (Å²) in [5.41, 5.74) is 2.02. The summed E-state index contributed by atoms with van der Waals surface area (Å²) in [7, 11) is 0. The van der Waals surface area contributed by atoms with E-state index in [2.05, 4.69) is 17.1 Å². The van der Waals surface area contributed by atoms with Gasteiger partial charge in [0.25, 0.3) is 0 Å². The number of hydrogen-bond acceptors (Lipinski definition) is 5. The predicted octanol–water partition coefficient (Wildman–Crippen LogP) is 3.25. The maximum absolute atomic E-state index is 13.5. The molecule has 0 saturated carbocycles. The first kappa shape index (κ1) is 27.3. The summed E-state index contributed by atoms with van der Waals surface area (Å²) in [6.07, 6.45) is 1.35. The lowest BCUT2D eigenvalue weighted by Gasteiger charge is -2.52. The molecule has 0 radical (unpaired) electrons. The lowest BCUT2D eigenvalue weighted by molar-refractivity contribution is -0.165.